The Morgan fingerprint density at radius 2 is 1.46 bits per heavy atom. The van der Waals surface area contributed by atoms with E-state index in [0.29, 0.717) is 18.2 Å². The second kappa shape index (κ2) is 6.70. The zero-order chi connectivity index (χ0) is 16.5. The van der Waals surface area contributed by atoms with Crippen molar-refractivity contribution in [3.8, 4) is 0 Å². The fourth-order valence-corrected chi connectivity index (χ4v) is 4.38. The zero-order valence-corrected chi connectivity index (χ0v) is 14.7. The lowest BCUT2D eigenvalue weighted by molar-refractivity contribution is -0.0426. The maximum atomic E-state index is 6.71. The van der Waals surface area contributed by atoms with E-state index in [1.807, 2.05) is 0 Å². The third-order valence-electron chi connectivity index (χ3n) is 5.87. The Hall–Kier alpha value is -1.64. The second-order valence-corrected chi connectivity index (χ2v) is 7.48. The van der Waals surface area contributed by atoms with Gasteiger partial charge in [0.05, 0.1) is 6.10 Å². The monoisotopic (exact) mass is 321 g/mol. The quantitative estimate of drug-likeness (QED) is 0.807. The summed E-state index contributed by atoms with van der Waals surface area (Å²) in [7, 11) is 2.28. The van der Waals surface area contributed by atoms with Crippen LogP contribution >= 0.6 is 0 Å². The summed E-state index contributed by atoms with van der Waals surface area (Å²) in [5, 5.41) is 0. The molecule has 24 heavy (non-hydrogen) atoms. The molecular formula is C22H27NO. The minimum atomic E-state index is 0.0413. The van der Waals surface area contributed by atoms with Gasteiger partial charge in [-0.1, -0.05) is 60.2 Å². The van der Waals surface area contributed by atoms with E-state index in [2.05, 4.69) is 73.5 Å². The predicted octanol–water partition coefficient (Wildman–Crippen LogP) is 4.73. The first-order chi connectivity index (χ1) is 11.7. The van der Waals surface area contributed by atoms with Crippen LogP contribution in [0.5, 0.6) is 0 Å². The summed E-state index contributed by atoms with van der Waals surface area (Å²) in [5.74, 6) is 0. The van der Waals surface area contributed by atoms with Crippen LogP contribution in [0.25, 0.3) is 0 Å². The molecule has 0 amide bonds. The first kappa shape index (κ1) is 15.9. The number of fused-ring (bicyclic) bond motifs is 2. The van der Waals surface area contributed by atoms with Gasteiger partial charge < -0.3 is 9.64 Å². The van der Waals surface area contributed by atoms with Gasteiger partial charge in [-0.25, -0.2) is 0 Å². The first-order valence-corrected chi connectivity index (χ1v) is 9.19. The highest BCUT2D eigenvalue weighted by molar-refractivity contribution is 5.32. The van der Waals surface area contributed by atoms with Gasteiger partial charge in [-0.05, 0) is 50.8 Å². The molecule has 126 valence electrons. The Morgan fingerprint density at radius 1 is 0.875 bits per heavy atom. The van der Waals surface area contributed by atoms with Crippen molar-refractivity contribution in [1.29, 1.82) is 0 Å². The smallest absolute Gasteiger partial charge is 0.108 e. The largest absolute Gasteiger partial charge is 0.365 e. The highest BCUT2D eigenvalue weighted by Gasteiger charge is 2.39. The molecule has 4 rings (SSSR count). The van der Waals surface area contributed by atoms with Crippen molar-refractivity contribution < 1.29 is 4.74 Å². The normalized spacial score (nSPS) is 28.0. The van der Waals surface area contributed by atoms with Gasteiger partial charge in [0.2, 0.25) is 0 Å². The Labute approximate surface area is 145 Å². The van der Waals surface area contributed by atoms with Crippen LogP contribution in [0.4, 0.5) is 0 Å². The third kappa shape index (κ3) is 3.13. The molecule has 2 aliphatic heterocycles. The molecule has 0 unspecified atom stereocenters. The number of rotatable bonds is 4. The fourth-order valence-electron chi connectivity index (χ4n) is 4.38. The molecule has 2 nitrogen and oxygen atoms in total. The van der Waals surface area contributed by atoms with Crippen LogP contribution in [0.2, 0.25) is 0 Å². The van der Waals surface area contributed by atoms with Gasteiger partial charge in [-0.2, -0.15) is 0 Å². The van der Waals surface area contributed by atoms with Crippen LogP contribution in [-0.4, -0.2) is 30.1 Å². The van der Waals surface area contributed by atoms with Crippen molar-refractivity contribution in [2.24, 2.45) is 0 Å². The highest BCUT2D eigenvalue weighted by atomic mass is 16.5. The molecule has 2 aliphatic rings. The first-order valence-electron chi connectivity index (χ1n) is 9.19. The summed E-state index contributed by atoms with van der Waals surface area (Å²) in [4.78, 5) is 2.57. The Kier molecular flexibility index (Phi) is 4.43. The van der Waals surface area contributed by atoms with Crippen LogP contribution < -0.4 is 0 Å². The molecule has 2 heteroatoms. The molecule has 2 fully saturated rings. The van der Waals surface area contributed by atoms with Gasteiger partial charge in [-0.15, -0.1) is 0 Å². The molecule has 0 aliphatic carbocycles. The number of benzene rings is 2. The summed E-state index contributed by atoms with van der Waals surface area (Å²) in [6.07, 6.45) is 5.41. The predicted molar refractivity (Wildman–Crippen MR) is 98.1 cm³/mol. The van der Waals surface area contributed by atoms with Gasteiger partial charge in [0.1, 0.15) is 6.10 Å². The van der Waals surface area contributed by atoms with Gasteiger partial charge in [0.25, 0.3) is 0 Å². The molecule has 2 saturated heterocycles. The van der Waals surface area contributed by atoms with Crippen molar-refractivity contribution in [1.82, 2.24) is 4.90 Å². The summed E-state index contributed by atoms with van der Waals surface area (Å²) in [6.45, 7) is 2.14. The van der Waals surface area contributed by atoms with Crippen molar-refractivity contribution in [3.63, 3.8) is 0 Å². The Balaban J connectivity index is 1.58. The number of hydrogen-bond donors (Lipinski definition) is 0. The minimum absolute atomic E-state index is 0.0413. The molecule has 0 saturated carbocycles. The lowest BCUT2D eigenvalue weighted by Gasteiger charge is -2.38. The molecular weight excluding hydrogens is 294 g/mol. The maximum Gasteiger partial charge on any atom is 0.108 e. The van der Waals surface area contributed by atoms with Crippen LogP contribution in [0.1, 0.15) is 48.5 Å². The highest BCUT2D eigenvalue weighted by Crippen LogP contribution is 2.38. The van der Waals surface area contributed by atoms with Gasteiger partial charge in [0, 0.05) is 12.1 Å². The molecule has 0 aromatic heterocycles. The molecule has 2 aromatic rings. The van der Waals surface area contributed by atoms with E-state index in [1.165, 1.54) is 42.4 Å². The van der Waals surface area contributed by atoms with Crippen molar-refractivity contribution in [2.75, 3.05) is 7.05 Å². The summed E-state index contributed by atoms with van der Waals surface area (Å²) in [6, 6.07) is 20.9. The second-order valence-electron chi connectivity index (χ2n) is 7.48. The molecule has 2 heterocycles. The molecule has 2 aromatic carbocycles. The SMILES string of the molecule is Cc1ccc([C@H](OC2C[C@@H]3CC[C@@H](C2)N3C)c2ccccc2)cc1. The average molecular weight is 321 g/mol. The van der Waals surface area contributed by atoms with E-state index >= 15 is 0 Å². The van der Waals surface area contributed by atoms with Crippen molar-refractivity contribution in [3.05, 3.63) is 71.3 Å². The number of nitrogens with zero attached hydrogens (tertiary/aromatic N) is 1. The molecule has 0 radical (unpaired) electrons. The van der Waals surface area contributed by atoms with Crippen LogP contribution in [0, 0.1) is 6.92 Å². The van der Waals surface area contributed by atoms with Gasteiger partial charge in [-0.3, -0.25) is 0 Å². The van der Waals surface area contributed by atoms with Crippen LogP contribution in [0.15, 0.2) is 54.6 Å². The Morgan fingerprint density at radius 3 is 2.08 bits per heavy atom. The fraction of sp³-hybridized carbons (Fsp3) is 0.455. The topological polar surface area (TPSA) is 12.5 Å². The Bertz CT molecular complexity index is 652. The van der Waals surface area contributed by atoms with E-state index in [-0.39, 0.29) is 6.10 Å². The molecule has 2 bridgehead atoms. The third-order valence-corrected chi connectivity index (χ3v) is 5.87. The number of aryl methyl sites for hydroxylation is 1. The van der Waals surface area contributed by atoms with E-state index in [9.17, 15) is 0 Å². The van der Waals surface area contributed by atoms with Gasteiger partial charge >= 0.3 is 0 Å². The lowest BCUT2D eigenvalue weighted by Crippen LogP contribution is -2.43. The maximum absolute atomic E-state index is 6.71. The number of hydrogen-bond acceptors (Lipinski definition) is 2. The lowest BCUT2D eigenvalue weighted by atomic mass is 9.97. The van der Waals surface area contributed by atoms with E-state index in [0.717, 1.165) is 0 Å². The molecule has 3 atom stereocenters. The summed E-state index contributed by atoms with van der Waals surface area (Å²) in [5.41, 5.74) is 3.81. The summed E-state index contributed by atoms with van der Waals surface area (Å²) >= 11 is 0. The standard InChI is InChI=1S/C22H27NO/c1-16-8-10-18(11-9-16)22(17-6-4-3-5-7-17)24-21-14-19-12-13-20(15-21)23(19)2/h3-11,19-22H,12-15H2,1-2H3/t19-,20-,22+/m0/s1. The van der Waals surface area contributed by atoms with Crippen LogP contribution in [-0.2, 0) is 4.74 Å². The number of ether oxygens (including phenoxy) is 1. The van der Waals surface area contributed by atoms with Crippen molar-refractivity contribution >= 4 is 0 Å². The zero-order valence-electron chi connectivity index (χ0n) is 14.7. The van der Waals surface area contributed by atoms with E-state index in [1.54, 1.807) is 0 Å². The number of piperidine rings is 1. The minimum Gasteiger partial charge on any atom is -0.365 e. The summed E-state index contributed by atoms with van der Waals surface area (Å²) < 4.78 is 6.71. The van der Waals surface area contributed by atoms with Crippen molar-refractivity contribution in [2.45, 2.75) is 56.9 Å². The van der Waals surface area contributed by atoms with Gasteiger partial charge in [0.15, 0.2) is 0 Å². The van der Waals surface area contributed by atoms with E-state index in [4.69, 9.17) is 4.74 Å². The van der Waals surface area contributed by atoms with E-state index < -0.39 is 0 Å². The molecule has 0 spiro atoms. The molecule has 0 N–H and O–H groups in total. The van der Waals surface area contributed by atoms with Crippen LogP contribution in [0.3, 0.4) is 0 Å². The average Bonchev–Trinajstić information content (AvgIpc) is 2.83.